The van der Waals surface area contributed by atoms with Crippen molar-refractivity contribution in [3.8, 4) is 0 Å². The van der Waals surface area contributed by atoms with Crippen LogP contribution in [0.2, 0.25) is 0 Å². The monoisotopic (exact) mass is 347 g/mol. The van der Waals surface area contributed by atoms with Crippen molar-refractivity contribution < 1.29 is 19.1 Å². The van der Waals surface area contributed by atoms with E-state index in [9.17, 15) is 14.4 Å². The normalized spacial score (nSPS) is 20.0. The molecule has 1 aromatic rings. The number of fused-ring (bicyclic) bond motifs is 1. The number of amides is 3. The number of aromatic nitrogens is 2. The van der Waals surface area contributed by atoms with E-state index in [0.29, 0.717) is 18.8 Å². The number of hydrogen-bond acceptors (Lipinski definition) is 6. The highest BCUT2D eigenvalue weighted by Crippen LogP contribution is 2.27. The largest absolute Gasteiger partial charge is 0.444 e. The maximum atomic E-state index is 12.2. The first-order valence-electron chi connectivity index (χ1n) is 8.06. The van der Waals surface area contributed by atoms with Gasteiger partial charge in [0.2, 0.25) is 17.8 Å². The maximum Gasteiger partial charge on any atom is 0.410 e. The van der Waals surface area contributed by atoms with E-state index in [4.69, 9.17) is 10.5 Å². The predicted octanol–water partition coefficient (Wildman–Crippen LogP) is 0.565. The fraction of sp³-hybridized carbons (Fsp3) is 0.562. The molecule has 2 aliphatic rings. The topological polar surface area (TPSA) is 119 Å². The van der Waals surface area contributed by atoms with Gasteiger partial charge in [-0.15, -0.1) is 0 Å². The molecule has 3 amide bonds. The Morgan fingerprint density at radius 1 is 1.32 bits per heavy atom. The molecular weight excluding hydrogens is 326 g/mol. The highest BCUT2D eigenvalue weighted by Gasteiger charge is 2.36. The first-order valence-corrected chi connectivity index (χ1v) is 8.06. The summed E-state index contributed by atoms with van der Waals surface area (Å²) in [6.45, 7) is 6.26. The molecule has 1 atom stereocenters. The number of ether oxygens (including phenoxy) is 1. The Hall–Kier alpha value is -2.71. The van der Waals surface area contributed by atoms with Crippen molar-refractivity contribution in [1.82, 2.24) is 14.9 Å². The molecule has 25 heavy (non-hydrogen) atoms. The third-order valence-electron chi connectivity index (χ3n) is 4.06. The minimum Gasteiger partial charge on any atom is -0.444 e. The minimum absolute atomic E-state index is 0.0693. The summed E-state index contributed by atoms with van der Waals surface area (Å²) in [7, 11) is 0. The molecule has 2 N–H and O–H groups in total. The fourth-order valence-corrected chi connectivity index (χ4v) is 2.82. The van der Waals surface area contributed by atoms with Crippen molar-refractivity contribution in [2.24, 2.45) is 11.7 Å². The summed E-state index contributed by atoms with van der Waals surface area (Å²) < 4.78 is 5.36. The van der Waals surface area contributed by atoms with E-state index in [2.05, 4.69) is 9.97 Å². The summed E-state index contributed by atoms with van der Waals surface area (Å²) in [5.41, 5.74) is 6.19. The zero-order valence-corrected chi connectivity index (χ0v) is 14.5. The Morgan fingerprint density at radius 2 is 2.04 bits per heavy atom. The van der Waals surface area contributed by atoms with Crippen LogP contribution in [0.4, 0.5) is 10.7 Å². The molecule has 3 rings (SSSR count). The number of primary amides is 1. The van der Waals surface area contributed by atoms with Crippen LogP contribution in [-0.2, 0) is 27.4 Å². The quantitative estimate of drug-likeness (QED) is 0.835. The Balaban J connectivity index is 1.74. The molecule has 1 unspecified atom stereocenters. The van der Waals surface area contributed by atoms with Crippen LogP contribution < -0.4 is 10.6 Å². The molecule has 2 aliphatic heterocycles. The molecule has 0 bridgehead atoms. The average molecular weight is 347 g/mol. The second kappa shape index (κ2) is 5.98. The van der Waals surface area contributed by atoms with Crippen LogP contribution in [0, 0.1) is 5.92 Å². The van der Waals surface area contributed by atoms with Crippen LogP contribution in [-0.4, -0.2) is 44.9 Å². The van der Waals surface area contributed by atoms with Crippen molar-refractivity contribution in [1.29, 1.82) is 0 Å². The zero-order chi connectivity index (χ0) is 18.4. The van der Waals surface area contributed by atoms with Gasteiger partial charge in [-0.3, -0.25) is 19.4 Å². The van der Waals surface area contributed by atoms with Crippen LogP contribution in [0.5, 0.6) is 0 Å². The highest BCUT2D eigenvalue weighted by atomic mass is 16.6. The number of hydrogen-bond donors (Lipinski definition) is 1. The fourth-order valence-electron chi connectivity index (χ4n) is 2.82. The average Bonchev–Trinajstić information content (AvgIpc) is 3.08. The highest BCUT2D eigenvalue weighted by molar-refractivity contribution is 5.98. The van der Waals surface area contributed by atoms with Gasteiger partial charge >= 0.3 is 6.09 Å². The van der Waals surface area contributed by atoms with E-state index >= 15 is 0 Å². The Morgan fingerprint density at radius 3 is 2.64 bits per heavy atom. The van der Waals surface area contributed by atoms with Crippen molar-refractivity contribution in [2.45, 2.75) is 45.9 Å². The Kier molecular flexibility index (Phi) is 4.09. The van der Waals surface area contributed by atoms with E-state index in [-0.39, 0.29) is 24.8 Å². The lowest BCUT2D eigenvalue weighted by atomic mass is 10.1. The van der Waals surface area contributed by atoms with E-state index in [1.54, 1.807) is 27.0 Å². The minimum atomic E-state index is -0.575. The zero-order valence-electron chi connectivity index (χ0n) is 14.5. The number of carbonyl (C=O) groups excluding carboxylic acids is 3. The molecule has 0 radical (unpaired) electrons. The standard InChI is InChI=1S/C16H21N5O4/c1-16(2,3)25-15(24)20-6-10-5-18-14(19-11(10)8-20)21-7-9(13(17)23)4-12(21)22/h5,9H,4,6-8H2,1-3H3,(H2,17,23). The molecule has 3 heterocycles. The second-order valence-electron chi connectivity index (χ2n) is 7.29. The van der Waals surface area contributed by atoms with Crippen molar-refractivity contribution >= 4 is 23.9 Å². The van der Waals surface area contributed by atoms with E-state index in [0.717, 1.165) is 5.56 Å². The second-order valence-corrected chi connectivity index (χ2v) is 7.29. The van der Waals surface area contributed by atoms with Crippen LogP contribution >= 0.6 is 0 Å². The molecule has 134 valence electrons. The van der Waals surface area contributed by atoms with Gasteiger partial charge in [0.05, 0.1) is 24.7 Å². The van der Waals surface area contributed by atoms with Crippen LogP contribution in [0.25, 0.3) is 0 Å². The van der Waals surface area contributed by atoms with Gasteiger partial charge in [-0.2, -0.15) is 0 Å². The van der Waals surface area contributed by atoms with Crippen molar-refractivity contribution in [3.05, 3.63) is 17.5 Å². The molecule has 1 saturated heterocycles. The number of nitrogens with two attached hydrogens (primary N) is 1. The SMILES string of the molecule is CC(C)(C)OC(=O)N1Cc2cnc(N3CC(C(N)=O)CC3=O)nc2C1. The summed E-state index contributed by atoms with van der Waals surface area (Å²) in [6.07, 6.45) is 1.25. The first-order chi connectivity index (χ1) is 11.6. The Bertz CT molecular complexity index is 743. The lowest BCUT2D eigenvalue weighted by molar-refractivity contribution is -0.123. The first kappa shape index (κ1) is 17.1. The van der Waals surface area contributed by atoms with Crippen molar-refractivity contribution in [3.63, 3.8) is 0 Å². The van der Waals surface area contributed by atoms with E-state index in [1.807, 2.05) is 0 Å². The Labute approximate surface area is 145 Å². The lowest BCUT2D eigenvalue weighted by Crippen LogP contribution is -2.33. The van der Waals surface area contributed by atoms with Gasteiger partial charge in [0.25, 0.3) is 0 Å². The lowest BCUT2D eigenvalue weighted by Gasteiger charge is -2.23. The molecule has 1 aromatic heterocycles. The van der Waals surface area contributed by atoms with Gasteiger partial charge in [-0.25, -0.2) is 14.8 Å². The van der Waals surface area contributed by atoms with Crippen LogP contribution in [0.3, 0.4) is 0 Å². The third-order valence-corrected chi connectivity index (χ3v) is 4.06. The van der Waals surface area contributed by atoms with Crippen LogP contribution in [0.1, 0.15) is 38.4 Å². The third kappa shape index (κ3) is 3.54. The summed E-state index contributed by atoms with van der Waals surface area (Å²) in [5, 5.41) is 0. The number of rotatable bonds is 2. The van der Waals surface area contributed by atoms with Gasteiger partial charge < -0.3 is 10.5 Å². The summed E-state index contributed by atoms with van der Waals surface area (Å²) in [5.74, 6) is -1.03. The summed E-state index contributed by atoms with van der Waals surface area (Å²) >= 11 is 0. The molecule has 1 fully saturated rings. The van der Waals surface area contributed by atoms with Crippen molar-refractivity contribution in [2.75, 3.05) is 11.4 Å². The summed E-state index contributed by atoms with van der Waals surface area (Å²) in [4.78, 5) is 47.1. The van der Waals surface area contributed by atoms with E-state index in [1.165, 1.54) is 9.80 Å². The smallest absolute Gasteiger partial charge is 0.410 e. The molecule has 0 saturated carbocycles. The van der Waals surface area contributed by atoms with Crippen LogP contribution in [0.15, 0.2) is 6.20 Å². The molecule has 0 aromatic carbocycles. The van der Waals surface area contributed by atoms with Gasteiger partial charge in [0.15, 0.2) is 0 Å². The molecule has 0 spiro atoms. The predicted molar refractivity (Wildman–Crippen MR) is 87.2 cm³/mol. The molecule has 0 aliphatic carbocycles. The number of carbonyl (C=O) groups is 3. The van der Waals surface area contributed by atoms with Gasteiger partial charge in [-0.05, 0) is 20.8 Å². The summed E-state index contributed by atoms with van der Waals surface area (Å²) in [6, 6.07) is 0. The molecule has 9 heteroatoms. The van der Waals surface area contributed by atoms with Gasteiger partial charge in [-0.1, -0.05) is 0 Å². The molecule has 9 nitrogen and oxygen atoms in total. The number of anilines is 1. The maximum absolute atomic E-state index is 12.2. The molecular formula is C16H21N5O4. The van der Waals surface area contributed by atoms with Gasteiger partial charge in [0, 0.05) is 24.7 Å². The van der Waals surface area contributed by atoms with Gasteiger partial charge in [0.1, 0.15) is 5.60 Å². The van der Waals surface area contributed by atoms with E-state index < -0.39 is 23.5 Å². The number of nitrogens with zero attached hydrogens (tertiary/aromatic N) is 4.